The van der Waals surface area contributed by atoms with Gasteiger partial charge in [0.15, 0.2) is 0 Å². The number of amides is 1. The molecule has 2 aliphatic heterocycles. The van der Waals surface area contributed by atoms with Crippen LogP contribution in [0.25, 0.3) is 0 Å². The van der Waals surface area contributed by atoms with E-state index in [-0.39, 0.29) is 11.4 Å². The van der Waals surface area contributed by atoms with Gasteiger partial charge in [-0.05, 0) is 26.3 Å². The van der Waals surface area contributed by atoms with Crippen LogP contribution in [0.4, 0.5) is 0 Å². The van der Waals surface area contributed by atoms with Crippen LogP contribution in [0.15, 0.2) is 18.6 Å². The van der Waals surface area contributed by atoms with Crippen molar-refractivity contribution in [2.24, 2.45) is 5.92 Å². The van der Waals surface area contributed by atoms with E-state index < -0.39 is 0 Å². The van der Waals surface area contributed by atoms with Gasteiger partial charge < -0.3 is 9.64 Å². The first kappa shape index (κ1) is 14.4. The normalized spacial score (nSPS) is 24.3. The first-order valence-electron chi connectivity index (χ1n) is 7.49. The fourth-order valence-corrected chi connectivity index (χ4v) is 3.48. The molecule has 3 heterocycles. The summed E-state index contributed by atoms with van der Waals surface area (Å²) in [5.74, 6) is 0.555. The van der Waals surface area contributed by atoms with Gasteiger partial charge in [-0.15, -0.1) is 0 Å². The Morgan fingerprint density at radius 3 is 2.95 bits per heavy atom. The van der Waals surface area contributed by atoms with E-state index in [4.69, 9.17) is 4.74 Å². The molecule has 1 aromatic heterocycles. The average Bonchev–Trinajstić information content (AvgIpc) is 2.80. The van der Waals surface area contributed by atoms with Crippen molar-refractivity contribution in [3.63, 3.8) is 0 Å². The summed E-state index contributed by atoms with van der Waals surface area (Å²) >= 11 is 0. The Balaban J connectivity index is 1.58. The summed E-state index contributed by atoms with van der Waals surface area (Å²) in [5, 5.41) is 0. The zero-order chi connectivity index (χ0) is 14.9. The Bertz CT molecular complexity index is 502. The van der Waals surface area contributed by atoms with Gasteiger partial charge in [0.1, 0.15) is 5.69 Å². The number of likely N-dealkylation sites (N-methyl/N-ethyl adjacent to an activating group) is 1. The molecule has 0 N–H and O–H groups in total. The highest BCUT2D eigenvalue weighted by Gasteiger charge is 2.53. The Labute approximate surface area is 125 Å². The van der Waals surface area contributed by atoms with Crippen molar-refractivity contribution in [3.05, 3.63) is 24.3 Å². The molecule has 6 heteroatoms. The van der Waals surface area contributed by atoms with Crippen LogP contribution in [-0.2, 0) is 4.74 Å². The largest absolute Gasteiger partial charge is 0.381 e. The summed E-state index contributed by atoms with van der Waals surface area (Å²) in [4.78, 5) is 24.6. The molecule has 0 radical (unpaired) electrons. The second-order valence-corrected chi connectivity index (χ2v) is 6.09. The van der Waals surface area contributed by atoms with E-state index in [9.17, 15) is 4.79 Å². The van der Waals surface area contributed by atoms with Crippen LogP contribution >= 0.6 is 0 Å². The van der Waals surface area contributed by atoms with Gasteiger partial charge in [-0.25, -0.2) is 4.98 Å². The second kappa shape index (κ2) is 5.69. The number of carbonyl (C=O) groups excluding carboxylic acids is 1. The molecular weight excluding hydrogens is 268 g/mol. The molecule has 2 saturated heterocycles. The van der Waals surface area contributed by atoms with Crippen molar-refractivity contribution in [1.82, 2.24) is 19.8 Å². The van der Waals surface area contributed by atoms with E-state index >= 15 is 0 Å². The number of aromatic nitrogens is 2. The van der Waals surface area contributed by atoms with Gasteiger partial charge in [-0.3, -0.25) is 14.7 Å². The lowest BCUT2D eigenvalue weighted by Gasteiger charge is -2.51. The smallest absolute Gasteiger partial charge is 0.274 e. The Hall–Kier alpha value is -1.53. The van der Waals surface area contributed by atoms with Crippen LogP contribution in [-0.4, -0.2) is 71.1 Å². The third-order valence-corrected chi connectivity index (χ3v) is 4.61. The molecule has 1 unspecified atom stereocenters. The first-order valence-corrected chi connectivity index (χ1v) is 7.49. The van der Waals surface area contributed by atoms with Crippen molar-refractivity contribution in [1.29, 1.82) is 0 Å². The summed E-state index contributed by atoms with van der Waals surface area (Å²) in [6, 6.07) is 0. The standard InChI is InChI=1S/C15H22N4O2/c1-3-21-9-12-6-15(18(2)8-12)10-19(11-15)14(20)13-7-16-4-5-17-13/h4-5,7,12H,3,6,8-11H2,1-2H3. The molecule has 21 heavy (non-hydrogen) atoms. The Morgan fingerprint density at radius 1 is 1.48 bits per heavy atom. The van der Waals surface area contributed by atoms with Crippen LogP contribution in [0, 0.1) is 5.92 Å². The molecule has 2 aliphatic rings. The number of hydrogen-bond acceptors (Lipinski definition) is 5. The Morgan fingerprint density at radius 2 is 2.29 bits per heavy atom. The summed E-state index contributed by atoms with van der Waals surface area (Å²) in [5.41, 5.74) is 0.568. The highest BCUT2D eigenvalue weighted by Crippen LogP contribution is 2.39. The van der Waals surface area contributed by atoms with E-state index in [0.717, 1.165) is 39.3 Å². The summed E-state index contributed by atoms with van der Waals surface area (Å²) < 4.78 is 5.55. The van der Waals surface area contributed by atoms with Gasteiger partial charge in [0.05, 0.1) is 18.3 Å². The molecular formula is C15H22N4O2. The maximum Gasteiger partial charge on any atom is 0.274 e. The summed E-state index contributed by atoms with van der Waals surface area (Å²) in [7, 11) is 2.15. The lowest BCUT2D eigenvalue weighted by atomic mass is 9.84. The van der Waals surface area contributed by atoms with E-state index in [2.05, 4.69) is 21.9 Å². The van der Waals surface area contributed by atoms with Gasteiger partial charge in [-0.2, -0.15) is 0 Å². The minimum Gasteiger partial charge on any atom is -0.381 e. The lowest BCUT2D eigenvalue weighted by molar-refractivity contribution is -0.00833. The van der Waals surface area contributed by atoms with Gasteiger partial charge in [0, 0.05) is 38.6 Å². The predicted octanol–water partition coefficient (Wildman–Crippen LogP) is 0.659. The number of likely N-dealkylation sites (tertiary alicyclic amines) is 2. The average molecular weight is 290 g/mol. The molecule has 0 bridgehead atoms. The van der Waals surface area contributed by atoms with Crippen molar-refractivity contribution < 1.29 is 9.53 Å². The van der Waals surface area contributed by atoms with Crippen molar-refractivity contribution in [2.45, 2.75) is 18.9 Å². The maximum atomic E-state index is 12.3. The summed E-state index contributed by atoms with van der Waals surface area (Å²) in [6.07, 6.45) is 5.78. The summed E-state index contributed by atoms with van der Waals surface area (Å²) in [6.45, 7) is 6.22. The van der Waals surface area contributed by atoms with E-state index in [1.54, 1.807) is 12.4 Å². The minimum atomic E-state index is -0.0182. The quantitative estimate of drug-likeness (QED) is 0.815. The molecule has 3 rings (SSSR count). The third kappa shape index (κ3) is 2.65. The van der Waals surface area contributed by atoms with Crippen LogP contribution in [0.1, 0.15) is 23.8 Å². The van der Waals surface area contributed by atoms with Gasteiger partial charge >= 0.3 is 0 Å². The van der Waals surface area contributed by atoms with Gasteiger partial charge in [0.2, 0.25) is 0 Å². The molecule has 6 nitrogen and oxygen atoms in total. The van der Waals surface area contributed by atoms with Gasteiger partial charge in [0.25, 0.3) is 5.91 Å². The second-order valence-electron chi connectivity index (χ2n) is 6.09. The van der Waals surface area contributed by atoms with Crippen LogP contribution in [0.2, 0.25) is 0 Å². The maximum absolute atomic E-state index is 12.3. The Kier molecular flexibility index (Phi) is 3.91. The van der Waals surface area contributed by atoms with Crippen molar-refractivity contribution >= 4 is 5.91 Å². The van der Waals surface area contributed by atoms with E-state index in [1.807, 2.05) is 11.8 Å². The highest BCUT2D eigenvalue weighted by molar-refractivity contribution is 5.92. The third-order valence-electron chi connectivity index (χ3n) is 4.61. The SMILES string of the molecule is CCOCC1CN(C)C2(C1)CN(C(=O)c1cnccn1)C2. The number of ether oxygens (including phenoxy) is 1. The number of hydrogen-bond donors (Lipinski definition) is 0. The monoisotopic (exact) mass is 290 g/mol. The number of nitrogens with zero attached hydrogens (tertiary/aromatic N) is 4. The van der Waals surface area contributed by atoms with Crippen LogP contribution < -0.4 is 0 Å². The van der Waals surface area contributed by atoms with Crippen LogP contribution in [0.5, 0.6) is 0 Å². The fourth-order valence-electron chi connectivity index (χ4n) is 3.48. The van der Waals surface area contributed by atoms with Gasteiger partial charge in [-0.1, -0.05) is 0 Å². The van der Waals surface area contributed by atoms with Crippen LogP contribution in [0.3, 0.4) is 0 Å². The molecule has 1 amide bonds. The number of carbonyl (C=O) groups is 1. The molecule has 0 saturated carbocycles. The lowest BCUT2D eigenvalue weighted by Crippen LogP contribution is -2.68. The molecule has 0 aromatic carbocycles. The molecule has 114 valence electrons. The van der Waals surface area contributed by atoms with E-state index in [0.29, 0.717) is 11.6 Å². The predicted molar refractivity (Wildman–Crippen MR) is 77.9 cm³/mol. The molecule has 0 aliphatic carbocycles. The molecule has 1 spiro atoms. The zero-order valence-corrected chi connectivity index (χ0v) is 12.7. The minimum absolute atomic E-state index is 0.0182. The van der Waals surface area contributed by atoms with Crippen molar-refractivity contribution in [2.75, 3.05) is 39.9 Å². The number of rotatable bonds is 4. The fraction of sp³-hybridized carbons (Fsp3) is 0.667. The topological polar surface area (TPSA) is 58.6 Å². The first-order chi connectivity index (χ1) is 10.1. The van der Waals surface area contributed by atoms with Crippen molar-refractivity contribution in [3.8, 4) is 0 Å². The zero-order valence-electron chi connectivity index (χ0n) is 12.7. The highest BCUT2D eigenvalue weighted by atomic mass is 16.5. The van der Waals surface area contributed by atoms with E-state index in [1.165, 1.54) is 6.20 Å². The molecule has 1 atom stereocenters. The molecule has 2 fully saturated rings. The molecule has 1 aromatic rings.